The quantitative estimate of drug-likeness (QED) is 0.794. The van der Waals surface area contributed by atoms with Crippen LogP contribution in [-0.2, 0) is 9.31 Å². The Balaban J connectivity index is 1.61. The maximum atomic E-state index is 6.07. The van der Waals surface area contributed by atoms with Gasteiger partial charge in [-0.25, -0.2) is 0 Å². The van der Waals surface area contributed by atoms with Gasteiger partial charge in [0.15, 0.2) is 0 Å². The molecule has 3 rings (SSSR count). The molecule has 0 spiro atoms. The van der Waals surface area contributed by atoms with E-state index in [2.05, 4.69) is 17.1 Å². The Kier molecular flexibility index (Phi) is 4.89. The van der Waals surface area contributed by atoms with E-state index in [1.54, 1.807) is 6.20 Å². The lowest BCUT2D eigenvalue weighted by Gasteiger charge is -2.32. The van der Waals surface area contributed by atoms with Gasteiger partial charge < -0.3 is 14.0 Å². The van der Waals surface area contributed by atoms with Gasteiger partial charge >= 0.3 is 7.12 Å². The zero-order chi connectivity index (χ0) is 17.4. The van der Waals surface area contributed by atoms with E-state index < -0.39 is 7.12 Å². The van der Waals surface area contributed by atoms with Gasteiger partial charge in [-0.3, -0.25) is 0 Å². The number of aromatic nitrogens is 2. The van der Waals surface area contributed by atoms with Crippen LogP contribution in [0.15, 0.2) is 12.3 Å². The summed E-state index contributed by atoms with van der Waals surface area (Å²) in [6, 6.07) is 1.89. The SMILES string of the molecule is CC1CCC(COc2cc(B3OC(C)(C)C(C)(C)O3)cnn2)CC1. The summed E-state index contributed by atoms with van der Waals surface area (Å²) < 4.78 is 18.0. The van der Waals surface area contributed by atoms with Gasteiger partial charge in [-0.2, -0.15) is 5.10 Å². The van der Waals surface area contributed by atoms with Gasteiger partial charge in [0, 0.05) is 17.7 Å². The Morgan fingerprint density at radius 2 is 1.75 bits per heavy atom. The maximum absolute atomic E-state index is 6.07. The first-order valence-electron chi connectivity index (χ1n) is 9.08. The van der Waals surface area contributed by atoms with Gasteiger partial charge in [0.1, 0.15) is 0 Å². The first-order chi connectivity index (χ1) is 11.3. The number of hydrogen-bond donors (Lipinski definition) is 0. The first kappa shape index (κ1) is 17.7. The van der Waals surface area contributed by atoms with E-state index in [1.165, 1.54) is 25.7 Å². The molecule has 1 aromatic heterocycles. The number of rotatable bonds is 4. The molecule has 1 aromatic rings. The van der Waals surface area contributed by atoms with Crippen LogP contribution < -0.4 is 10.2 Å². The van der Waals surface area contributed by atoms with Crippen LogP contribution >= 0.6 is 0 Å². The molecule has 1 aliphatic carbocycles. The standard InChI is InChI=1S/C18H29BN2O3/c1-13-6-8-14(9-7-13)12-22-16-10-15(11-20-21-16)19-23-17(2,3)18(4,5)24-19/h10-11,13-14H,6-9,12H2,1-5H3. The second-order valence-corrected chi connectivity index (χ2v) is 8.35. The predicted molar refractivity (Wildman–Crippen MR) is 94.4 cm³/mol. The van der Waals surface area contributed by atoms with Gasteiger partial charge in [-0.1, -0.05) is 19.8 Å². The Morgan fingerprint density at radius 1 is 1.12 bits per heavy atom. The molecule has 2 aliphatic rings. The normalized spacial score (nSPS) is 28.8. The molecule has 0 radical (unpaired) electrons. The molecule has 1 saturated heterocycles. The highest BCUT2D eigenvalue weighted by atomic mass is 16.7. The Morgan fingerprint density at radius 3 is 2.38 bits per heavy atom. The highest BCUT2D eigenvalue weighted by Crippen LogP contribution is 2.36. The van der Waals surface area contributed by atoms with Crippen molar-refractivity contribution in [2.75, 3.05) is 6.61 Å². The van der Waals surface area contributed by atoms with Crippen LogP contribution in [0.3, 0.4) is 0 Å². The van der Waals surface area contributed by atoms with Crippen molar-refractivity contribution in [2.45, 2.75) is 71.5 Å². The van der Waals surface area contributed by atoms with E-state index in [-0.39, 0.29) is 11.2 Å². The highest BCUT2D eigenvalue weighted by molar-refractivity contribution is 6.62. The molecule has 1 saturated carbocycles. The molecule has 132 valence electrons. The van der Waals surface area contributed by atoms with Gasteiger partial charge in [0.2, 0.25) is 5.88 Å². The van der Waals surface area contributed by atoms with Gasteiger partial charge in [0.05, 0.1) is 17.8 Å². The fourth-order valence-corrected chi connectivity index (χ4v) is 3.24. The monoisotopic (exact) mass is 332 g/mol. The van der Waals surface area contributed by atoms with Crippen LogP contribution in [-0.4, -0.2) is 35.1 Å². The summed E-state index contributed by atoms with van der Waals surface area (Å²) in [7, 11) is -0.427. The summed E-state index contributed by atoms with van der Waals surface area (Å²) >= 11 is 0. The molecule has 0 N–H and O–H groups in total. The number of nitrogens with zero attached hydrogens (tertiary/aromatic N) is 2. The Labute approximate surface area is 145 Å². The zero-order valence-corrected chi connectivity index (χ0v) is 15.5. The molecule has 0 unspecified atom stereocenters. The molecule has 2 heterocycles. The summed E-state index contributed by atoms with van der Waals surface area (Å²) in [5, 5.41) is 8.17. The van der Waals surface area contributed by atoms with E-state index in [0.717, 1.165) is 11.4 Å². The molecule has 5 nitrogen and oxygen atoms in total. The van der Waals surface area contributed by atoms with Crippen LogP contribution in [0.2, 0.25) is 0 Å². The molecular weight excluding hydrogens is 303 g/mol. The van der Waals surface area contributed by atoms with Crippen molar-refractivity contribution in [1.29, 1.82) is 0 Å². The predicted octanol–water partition coefficient (Wildman–Crippen LogP) is 2.98. The largest absolute Gasteiger partial charge is 0.496 e. The summed E-state index contributed by atoms with van der Waals surface area (Å²) in [6.07, 6.45) is 6.77. The first-order valence-corrected chi connectivity index (χ1v) is 9.08. The summed E-state index contributed by atoms with van der Waals surface area (Å²) in [5.41, 5.74) is 0.137. The van der Waals surface area contributed by atoms with E-state index in [0.29, 0.717) is 18.4 Å². The van der Waals surface area contributed by atoms with Crippen molar-refractivity contribution in [3.8, 4) is 5.88 Å². The Bertz CT molecular complexity index is 555. The van der Waals surface area contributed by atoms with Crippen molar-refractivity contribution >= 4 is 12.6 Å². The fraction of sp³-hybridized carbons (Fsp3) is 0.778. The Hall–Kier alpha value is -1.14. The molecule has 0 amide bonds. The average Bonchev–Trinajstić information content (AvgIpc) is 2.75. The summed E-state index contributed by atoms with van der Waals surface area (Å²) in [4.78, 5) is 0. The molecule has 6 heteroatoms. The van der Waals surface area contributed by atoms with Crippen molar-refractivity contribution < 1.29 is 14.0 Å². The lowest BCUT2D eigenvalue weighted by molar-refractivity contribution is 0.00578. The lowest BCUT2D eigenvalue weighted by Crippen LogP contribution is -2.41. The van der Waals surface area contributed by atoms with Gasteiger partial charge in [-0.05, 0) is 52.4 Å². The molecular formula is C18H29BN2O3. The van der Waals surface area contributed by atoms with E-state index in [4.69, 9.17) is 14.0 Å². The maximum Gasteiger partial charge on any atom is 0.496 e. The van der Waals surface area contributed by atoms with Crippen molar-refractivity contribution in [1.82, 2.24) is 10.2 Å². The van der Waals surface area contributed by atoms with E-state index in [1.807, 2.05) is 33.8 Å². The highest BCUT2D eigenvalue weighted by Gasteiger charge is 2.51. The molecule has 2 fully saturated rings. The second-order valence-electron chi connectivity index (χ2n) is 8.35. The van der Waals surface area contributed by atoms with Gasteiger partial charge in [0.25, 0.3) is 0 Å². The topological polar surface area (TPSA) is 53.5 Å². The second kappa shape index (κ2) is 6.64. The molecule has 1 aliphatic heterocycles. The van der Waals surface area contributed by atoms with E-state index in [9.17, 15) is 0 Å². The number of ether oxygens (including phenoxy) is 1. The molecule has 0 atom stereocenters. The summed E-state index contributed by atoms with van der Waals surface area (Å²) in [6.45, 7) is 11.2. The van der Waals surface area contributed by atoms with Crippen molar-refractivity contribution in [2.24, 2.45) is 11.8 Å². The zero-order valence-electron chi connectivity index (χ0n) is 15.5. The van der Waals surface area contributed by atoms with Crippen LogP contribution in [0.4, 0.5) is 0 Å². The molecule has 0 bridgehead atoms. The van der Waals surface area contributed by atoms with Crippen molar-refractivity contribution in [3.05, 3.63) is 12.3 Å². The average molecular weight is 332 g/mol. The van der Waals surface area contributed by atoms with Crippen LogP contribution in [0.1, 0.15) is 60.3 Å². The van der Waals surface area contributed by atoms with Crippen LogP contribution in [0.5, 0.6) is 5.88 Å². The minimum Gasteiger partial charge on any atom is -0.476 e. The van der Waals surface area contributed by atoms with Crippen LogP contribution in [0, 0.1) is 11.8 Å². The smallest absolute Gasteiger partial charge is 0.476 e. The third kappa shape index (κ3) is 3.75. The third-order valence-corrected chi connectivity index (χ3v) is 5.78. The minimum atomic E-state index is -0.427. The van der Waals surface area contributed by atoms with E-state index >= 15 is 0 Å². The minimum absolute atomic E-state index is 0.360. The van der Waals surface area contributed by atoms with Crippen LogP contribution in [0.25, 0.3) is 0 Å². The summed E-state index contributed by atoms with van der Waals surface area (Å²) in [5.74, 6) is 2.04. The van der Waals surface area contributed by atoms with Gasteiger partial charge in [-0.15, -0.1) is 5.10 Å². The van der Waals surface area contributed by atoms with Crippen molar-refractivity contribution in [3.63, 3.8) is 0 Å². The molecule has 24 heavy (non-hydrogen) atoms. The third-order valence-electron chi connectivity index (χ3n) is 5.78. The fourth-order valence-electron chi connectivity index (χ4n) is 3.24. The molecule has 0 aromatic carbocycles. The lowest BCUT2D eigenvalue weighted by atomic mass is 9.80. The number of hydrogen-bond acceptors (Lipinski definition) is 5.